The maximum atomic E-state index is 15.2. The van der Waals surface area contributed by atoms with E-state index in [0.717, 1.165) is 25.7 Å². The van der Waals surface area contributed by atoms with Crippen LogP contribution < -0.4 is 18.9 Å². The van der Waals surface area contributed by atoms with E-state index in [2.05, 4.69) is 34.3 Å². The molecule has 0 atom stereocenters. The summed E-state index contributed by atoms with van der Waals surface area (Å²) >= 11 is 0. The molecule has 6 aromatic carbocycles. The van der Waals surface area contributed by atoms with Crippen LogP contribution in [0.5, 0.6) is 23.0 Å². The van der Waals surface area contributed by atoms with Crippen molar-refractivity contribution in [2.45, 2.75) is 149 Å². The van der Waals surface area contributed by atoms with Crippen molar-refractivity contribution < 1.29 is 37.3 Å². The summed E-state index contributed by atoms with van der Waals surface area (Å²) < 4.78 is 53.1. The molecule has 0 fully saturated rings. The number of unbranched alkanes of at least 4 members (excludes halogenated alkanes) is 18. The van der Waals surface area contributed by atoms with Crippen molar-refractivity contribution in [1.82, 2.24) is 0 Å². The van der Waals surface area contributed by atoms with Crippen LogP contribution >= 0.6 is 0 Å². The van der Waals surface area contributed by atoms with Crippen LogP contribution in [0, 0.1) is 11.6 Å². The fourth-order valence-electron chi connectivity index (χ4n) is 8.37. The van der Waals surface area contributed by atoms with Gasteiger partial charge in [0, 0.05) is 0 Å². The second-order valence-electron chi connectivity index (χ2n) is 19.0. The van der Waals surface area contributed by atoms with Crippen LogP contribution in [0.4, 0.5) is 31.5 Å². The Hall–Kier alpha value is -7.08. The summed E-state index contributed by atoms with van der Waals surface area (Å²) in [5, 5.41) is 16.4. The minimum atomic E-state index is -0.585. The van der Waals surface area contributed by atoms with E-state index < -0.39 is 23.6 Å². The number of hydrogen-bond acceptors (Lipinski definition) is 10. The summed E-state index contributed by atoms with van der Waals surface area (Å²) in [5.41, 5.74) is 2.95. The van der Waals surface area contributed by atoms with Gasteiger partial charge < -0.3 is 18.9 Å². The molecule has 0 aromatic heterocycles. The van der Waals surface area contributed by atoms with Gasteiger partial charge in [-0.05, 0) is 152 Å². The van der Waals surface area contributed by atoms with Crippen molar-refractivity contribution in [3.05, 3.63) is 167 Å². The van der Waals surface area contributed by atoms with E-state index in [1.54, 1.807) is 109 Å². The third kappa shape index (κ3) is 21.4. The number of rotatable bonds is 34. The monoisotopic (exact) mass is 1020 g/mol. The minimum Gasteiger partial charge on any atom is -0.494 e. The normalized spacial score (nSPS) is 11.4. The zero-order valence-corrected chi connectivity index (χ0v) is 44.0. The lowest BCUT2D eigenvalue weighted by molar-refractivity contribution is 0.0725. The molecule has 396 valence electrons. The average Bonchev–Trinajstić information content (AvgIpc) is 3.42. The zero-order valence-electron chi connectivity index (χ0n) is 44.0. The molecule has 0 unspecified atom stereocenters. The summed E-state index contributed by atoms with van der Waals surface area (Å²) in [5.74, 6) is -0.0955. The molecule has 0 spiro atoms. The van der Waals surface area contributed by atoms with Gasteiger partial charge in [-0.25, -0.2) is 18.4 Å². The highest BCUT2D eigenvalue weighted by Crippen LogP contribution is 2.29. The predicted octanol–water partition coefficient (Wildman–Crippen LogP) is 19.4. The molecule has 0 heterocycles. The number of ether oxygens (including phenoxy) is 4. The van der Waals surface area contributed by atoms with Gasteiger partial charge in [-0.15, -0.1) is 10.2 Å². The van der Waals surface area contributed by atoms with Crippen molar-refractivity contribution in [1.29, 1.82) is 0 Å². The van der Waals surface area contributed by atoms with Crippen molar-refractivity contribution in [2.75, 3.05) is 13.2 Å². The van der Waals surface area contributed by atoms with E-state index in [4.69, 9.17) is 18.9 Å². The smallest absolute Gasteiger partial charge is 0.343 e. The molecule has 6 rings (SSSR count). The number of carbonyl (C=O) groups excluding carboxylic acids is 2. The van der Waals surface area contributed by atoms with Crippen molar-refractivity contribution in [3.8, 4) is 23.0 Å². The quantitative estimate of drug-likeness (QED) is 0.0172. The molecule has 0 bridgehead atoms. The predicted molar refractivity (Wildman–Crippen MR) is 294 cm³/mol. The zero-order chi connectivity index (χ0) is 52.7. The first-order valence-electron chi connectivity index (χ1n) is 27.3. The lowest BCUT2D eigenvalue weighted by Crippen LogP contribution is -2.08. The maximum absolute atomic E-state index is 15.2. The van der Waals surface area contributed by atoms with Crippen LogP contribution in [-0.2, 0) is 6.42 Å². The standard InChI is InChI=1S/C63H74F2N4O6/c1-3-5-7-9-11-13-15-17-19-21-43-72-54-33-25-50(26-34-54)62(70)74-56-37-29-52(30-38-56)66-68-60-41-23-48(46-58(60)64)45-49-24-42-61(59(65)47-49)69-67-53-31-39-57(40-32-53)75-63(71)51-27-35-55(36-28-51)73-44-22-20-18-16-14-12-10-8-6-4-2/h23-42,46-47H,3-22,43-45H2,1-2H3. The third-order valence-corrected chi connectivity index (χ3v) is 12.8. The third-order valence-electron chi connectivity index (χ3n) is 12.8. The fraction of sp³-hybridized carbons (Fsp3) is 0.397. The molecule has 0 aliphatic heterocycles. The molecule has 0 amide bonds. The summed E-state index contributed by atoms with van der Waals surface area (Å²) in [4.78, 5) is 25.6. The van der Waals surface area contributed by atoms with Gasteiger partial charge in [-0.1, -0.05) is 142 Å². The average molecular weight is 1020 g/mol. The molecule has 0 N–H and O–H groups in total. The minimum absolute atomic E-state index is 0.0311. The van der Waals surface area contributed by atoms with Crippen LogP contribution in [0.25, 0.3) is 0 Å². The van der Waals surface area contributed by atoms with E-state index in [-0.39, 0.29) is 17.8 Å². The molecular formula is C63H74F2N4O6. The Morgan fingerprint density at radius 1 is 0.373 bits per heavy atom. The second-order valence-corrected chi connectivity index (χ2v) is 19.0. The molecule has 6 aromatic rings. The number of halogens is 2. The lowest BCUT2D eigenvalue weighted by atomic mass is 10.0. The Labute approximate surface area is 443 Å². The van der Waals surface area contributed by atoms with E-state index in [1.165, 1.54) is 127 Å². The first-order valence-corrected chi connectivity index (χ1v) is 27.3. The van der Waals surface area contributed by atoms with Crippen molar-refractivity contribution in [2.24, 2.45) is 20.5 Å². The first kappa shape index (κ1) is 57.2. The molecule has 75 heavy (non-hydrogen) atoms. The Kier molecular flexibility index (Phi) is 25.1. The van der Waals surface area contributed by atoms with E-state index in [9.17, 15) is 9.59 Å². The van der Waals surface area contributed by atoms with Crippen molar-refractivity contribution in [3.63, 3.8) is 0 Å². The Balaban J connectivity index is 0.872. The van der Waals surface area contributed by atoms with Crippen LogP contribution in [-0.4, -0.2) is 25.2 Å². The SMILES string of the molecule is CCCCCCCCCCCCOc1ccc(C(=O)Oc2ccc(N=Nc3ccc(Cc4ccc(N=Nc5ccc(OC(=O)c6ccc(OCCCCCCCCCCCC)cc6)cc5)c(F)c4)cc3F)cc2)cc1. The number of benzene rings is 6. The summed E-state index contributed by atoms with van der Waals surface area (Å²) in [6, 6.07) is 35.8. The van der Waals surface area contributed by atoms with Gasteiger partial charge in [0.2, 0.25) is 0 Å². The van der Waals surface area contributed by atoms with Crippen LogP contribution in [0.2, 0.25) is 0 Å². The molecule has 12 heteroatoms. The number of carbonyl (C=O) groups is 2. The summed E-state index contributed by atoms with van der Waals surface area (Å²) in [7, 11) is 0. The summed E-state index contributed by atoms with van der Waals surface area (Å²) in [6.07, 6.45) is 25.6. The highest BCUT2D eigenvalue weighted by Gasteiger charge is 2.12. The number of hydrogen-bond donors (Lipinski definition) is 0. The van der Waals surface area contributed by atoms with Gasteiger partial charge in [0.1, 0.15) is 34.4 Å². The van der Waals surface area contributed by atoms with E-state index in [1.807, 2.05) is 0 Å². The van der Waals surface area contributed by atoms with Crippen LogP contribution in [0.3, 0.4) is 0 Å². The molecular weight excluding hydrogens is 947 g/mol. The van der Waals surface area contributed by atoms with Gasteiger partial charge in [0.25, 0.3) is 0 Å². The van der Waals surface area contributed by atoms with Gasteiger partial charge in [0.05, 0.1) is 35.7 Å². The van der Waals surface area contributed by atoms with Crippen molar-refractivity contribution >= 4 is 34.7 Å². The Bertz CT molecular complexity index is 2490. The van der Waals surface area contributed by atoms with Crippen LogP contribution in [0.1, 0.15) is 174 Å². The highest BCUT2D eigenvalue weighted by atomic mass is 19.1. The Morgan fingerprint density at radius 3 is 1.03 bits per heavy atom. The highest BCUT2D eigenvalue weighted by molar-refractivity contribution is 5.91. The second kappa shape index (κ2) is 33.0. The fourth-order valence-corrected chi connectivity index (χ4v) is 8.37. The number of esters is 2. The molecule has 0 saturated carbocycles. The largest absolute Gasteiger partial charge is 0.494 e. The molecule has 10 nitrogen and oxygen atoms in total. The topological polar surface area (TPSA) is 121 Å². The molecule has 0 aliphatic carbocycles. The Morgan fingerprint density at radius 2 is 0.693 bits per heavy atom. The van der Waals surface area contributed by atoms with E-state index in [0.29, 0.717) is 69.8 Å². The maximum Gasteiger partial charge on any atom is 0.343 e. The van der Waals surface area contributed by atoms with E-state index >= 15 is 8.78 Å². The molecule has 0 aliphatic rings. The number of azo groups is 2. The summed E-state index contributed by atoms with van der Waals surface area (Å²) in [6.45, 7) is 5.78. The molecule has 0 radical (unpaired) electrons. The first-order chi connectivity index (χ1) is 36.8. The lowest BCUT2D eigenvalue weighted by Gasteiger charge is -2.08. The molecule has 0 saturated heterocycles. The van der Waals surface area contributed by atoms with Crippen LogP contribution in [0.15, 0.2) is 154 Å². The number of nitrogens with zero attached hydrogens (tertiary/aromatic N) is 4. The van der Waals surface area contributed by atoms with Gasteiger partial charge in [0.15, 0.2) is 11.6 Å². The van der Waals surface area contributed by atoms with Gasteiger partial charge >= 0.3 is 11.9 Å². The van der Waals surface area contributed by atoms with Gasteiger partial charge in [-0.3, -0.25) is 0 Å². The van der Waals surface area contributed by atoms with Gasteiger partial charge in [-0.2, -0.15) is 10.2 Å².